The molecule has 0 radical (unpaired) electrons. The lowest BCUT2D eigenvalue weighted by molar-refractivity contribution is 0.0474. The third-order valence-electron chi connectivity index (χ3n) is 3.04. The first-order chi connectivity index (χ1) is 10.9. The van der Waals surface area contributed by atoms with E-state index in [0.717, 1.165) is 6.07 Å². The molecule has 0 fully saturated rings. The van der Waals surface area contributed by atoms with Gasteiger partial charge in [-0.1, -0.05) is 11.6 Å². The molecule has 0 spiro atoms. The van der Waals surface area contributed by atoms with E-state index in [-0.39, 0.29) is 22.6 Å². The van der Waals surface area contributed by atoms with Crippen LogP contribution in [0.15, 0.2) is 36.4 Å². The second-order valence-electron chi connectivity index (χ2n) is 4.58. The number of halogens is 2. The Hall–Kier alpha value is -2.60. The smallest absolute Gasteiger partial charge is 0.338 e. The standard InChI is InChI=1S/C16H13ClFNO4/c1-22-15-5-3-9(6-12(15)18)14(20)8-23-16(21)10-2-4-11(17)13(19)7-10/h2-7H,8,19H2,1H3. The summed E-state index contributed by atoms with van der Waals surface area (Å²) in [4.78, 5) is 23.8. The van der Waals surface area contributed by atoms with Gasteiger partial charge in [0.1, 0.15) is 0 Å². The Morgan fingerprint density at radius 3 is 2.48 bits per heavy atom. The monoisotopic (exact) mass is 337 g/mol. The van der Waals surface area contributed by atoms with E-state index in [0.29, 0.717) is 5.02 Å². The second kappa shape index (κ2) is 7.11. The number of methoxy groups -OCH3 is 1. The number of nitrogen functional groups attached to an aromatic ring is 1. The summed E-state index contributed by atoms with van der Waals surface area (Å²) in [6.07, 6.45) is 0. The maximum Gasteiger partial charge on any atom is 0.338 e. The van der Waals surface area contributed by atoms with E-state index < -0.39 is 24.2 Å². The van der Waals surface area contributed by atoms with Gasteiger partial charge in [0.05, 0.1) is 23.4 Å². The summed E-state index contributed by atoms with van der Waals surface area (Å²) in [6.45, 7) is -0.521. The summed E-state index contributed by atoms with van der Waals surface area (Å²) in [6, 6.07) is 7.97. The topological polar surface area (TPSA) is 78.6 Å². The number of esters is 1. The number of benzene rings is 2. The fourth-order valence-corrected chi connectivity index (χ4v) is 1.93. The summed E-state index contributed by atoms with van der Waals surface area (Å²) < 4.78 is 23.2. The highest BCUT2D eigenvalue weighted by Gasteiger charge is 2.14. The molecule has 7 heteroatoms. The Morgan fingerprint density at radius 2 is 1.87 bits per heavy atom. The second-order valence-corrected chi connectivity index (χ2v) is 4.99. The van der Waals surface area contributed by atoms with Crippen LogP contribution in [-0.2, 0) is 4.74 Å². The number of carbonyl (C=O) groups is 2. The summed E-state index contributed by atoms with van der Waals surface area (Å²) >= 11 is 5.76. The van der Waals surface area contributed by atoms with Crippen molar-refractivity contribution in [1.29, 1.82) is 0 Å². The molecule has 0 atom stereocenters. The van der Waals surface area contributed by atoms with Crippen LogP contribution in [-0.4, -0.2) is 25.5 Å². The van der Waals surface area contributed by atoms with Gasteiger partial charge in [-0.05, 0) is 36.4 Å². The van der Waals surface area contributed by atoms with Crippen molar-refractivity contribution in [2.24, 2.45) is 0 Å². The van der Waals surface area contributed by atoms with Crippen LogP contribution >= 0.6 is 11.6 Å². The third-order valence-corrected chi connectivity index (χ3v) is 3.38. The van der Waals surface area contributed by atoms with Crippen molar-refractivity contribution in [3.05, 3.63) is 58.4 Å². The van der Waals surface area contributed by atoms with Crippen LogP contribution in [0.5, 0.6) is 5.75 Å². The van der Waals surface area contributed by atoms with Crippen LogP contribution in [0.25, 0.3) is 0 Å². The number of carbonyl (C=O) groups excluding carboxylic acids is 2. The largest absolute Gasteiger partial charge is 0.494 e. The van der Waals surface area contributed by atoms with E-state index in [2.05, 4.69) is 0 Å². The molecule has 0 aliphatic carbocycles. The molecule has 5 nitrogen and oxygen atoms in total. The van der Waals surface area contributed by atoms with Crippen LogP contribution in [0.3, 0.4) is 0 Å². The highest BCUT2D eigenvalue weighted by atomic mass is 35.5. The van der Waals surface area contributed by atoms with Gasteiger partial charge in [0.25, 0.3) is 0 Å². The van der Waals surface area contributed by atoms with Crippen molar-refractivity contribution in [3.8, 4) is 5.75 Å². The van der Waals surface area contributed by atoms with E-state index in [9.17, 15) is 14.0 Å². The Morgan fingerprint density at radius 1 is 1.17 bits per heavy atom. The van der Waals surface area contributed by atoms with E-state index in [1.807, 2.05) is 0 Å². The Labute approximate surface area is 136 Å². The summed E-state index contributed by atoms with van der Waals surface area (Å²) in [7, 11) is 1.32. The molecule has 0 saturated carbocycles. The molecule has 0 bridgehead atoms. The van der Waals surface area contributed by atoms with Crippen LogP contribution in [0.1, 0.15) is 20.7 Å². The minimum absolute atomic E-state index is 0.0233. The molecule has 0 unspecified atom stereocenters. The van der Waals surface area contributed by atoms with Gasteiger partial charge in [-0.15, -0.1) is 0 Å². The van der Waals surface area contributed by atoms with Gasteiger partial charge in [0.15, 0.2) is 24.0 Å². The first kappa shape index (κ1) is 16.8. The van der Waals surface area contributed by atoms with Crippen molar-refractivity contribution in [2.75, 3.05) is 19.5 Å². The predicted molar refractivity (Wildman–Crippen MR) is 83.4 cm³/mol. The normalized spacial score (nSPS) is 10.2. The fourth-order valence-electron chi connectivity index (χ4n) is 1.81. The first-order valence-corrected chi connectivity index (χ1v) is 6.89. The molecule has 2 rings (SSSR count). The molecular weight excluding hydrogens is 325 g/mol. The van der Waals surface area contributed by atoms with Gasteiger partial charge in [0, 0.05) is 5.56 Å². The van der Waals surface area contributed by atoms with Gasteiger partial charge < -0.3 is 15.2 Å². The zero-order valence-corrected chi connectivity index (χ0v) is 12.9. The number of ether oxygens (including phenoxy) is 2. The lowest BCUT2D eigenvalue weighted by Crippen LogP contribution is -2.14. The quantitative estimate of drug-likeness (QED) is 0.515. The molecule has 2 aromatic rings. The van der Waals surface area contributed by atoms with Crippen LogP contribution in [0, 0.1) is 5.82 Å². The van der Waals surface area contributed by atoms with Crippen molar-refractivity contribution in [3.63, 3.8) is 0 Å². The highest BCUT2D eigenvalue weighted by molar-refractivity contribution is 6.33. The van der Waals surface area contributed by atoms with Crippen molar-refractivity contribution >= 4 is 29.0 Å². The zero-order chi connectivity index (χ0) is 17.0. The highest BCUT2D eigenvalue weighted by Crippen LogP contribution is 2.20. The minimum atomic E-state index is -0.726. The number of ketones is 1. The number of Topliss-reactive ketones (excluding diaryl/α,β-unsaturated/α-hetero) is 1. The Kier molecular flexibility index (Phi) is 5.18. The predicted octanol–water partition coefficient (Wildman–Crippen LogP) is 3.11. The summed E-state index contributed by atoms with van der Waals surface area (Å²) in [5.41, 5.74) is 6.06. The maximum absolute atomic E-state index is 13.5. The maximum atomic E-state index is 13.5. The molecule has 0 heterocycles. The molecule has 120 valence electrons. The molecule has 2 aromatic carbocycles. The zero-order valence-electron chi connectivity index (χ0n) is 12.1. The molecule has 23 heavy (non-hydrogen) atoms. The van der Waals surface area contributed by atoms with Crippen LogP contribution in [0.4, 0.5) is 10.1 Å². The van der Waals surface area contributed by atoms with Gasteiger partial charge >= 0.3 is 5.97 Å². The van der Waals surface area contributed by atoms with Crippen molar-refractivity contribution in [2.45, 2.75) is 0 Å². The minimum Gasteiger partial charge on any atom is -0.494 e. The lowest BCUT2D eigenvalue weighted by atomic mass is 10.1. The Bertz CT molecular complexity index is 764. The summed E-state index contributed by atoms with van der Waals surface area (Å²) in [5, 5.41) is 0.311. The number of nitrogens with two attached hydrogens (primary N) is 1. The molecule has 0 amide bonds. The molecule has 0 aliphatic rings. The number of hydrogen-bond acceptors (Lipinski definition) is 5. The molecule has 2 N–H and O–H groups in total. The lowest BCUT2D eigenvalue weighted by Gasteiger charge is -2.07. The van der Waals surface area contributed by atoms with Crippen LogP contribution < -0.4 is 10.5 Å². The fraction of sp³-hybridized carbons (Fsp3) is 0.125. The van der Waals surface area contributed by atoms with Gasteiger partial charge in [-0.2, -0.15) is 0 Å². The molecule has 0 aromatic heterocycles. The average molecular weight is 338 g/mol. The van der Waals surface area contributed by atoms with Crippen molar-refractivity contribution < 1.29 is 23.5 Å². The molecular formula is C16H13ClFNO4. The van der Waals surface area contributed by atoms with E-state index in [4.69, 9.17) is 26.8 Å². The van der Waals surface area contributed by atoms with E-state index in [1.165, 1.54) is 37.4 Å². The third kappa shape index (κ3) is 3.98. The Balaban J connectivity index is 2.02. The number of rotatable bonds is 5. The molecule has 0 aliphatic heterocycles. The van der Waals surface area contributed by atoms with Crippen LogP contribution in [0.2, 0.25) is 5.02 Å². The average Bonchev–Trinajstić information content (AvgIpc) is 2.54. The SMILES string of the molecule is COc1ccc(C(=O)COC(=O)c2ccc(Cl)c(N)c2)cc1F. The van der Waals surface area contributed by atoms with Crippen molar-refractivity contribution in [1.82, 2.24) is 0 Å². The van der Waals surface area contributed by atoms with E-state index in [1.54, 1.807) is 0 Å². The molecule has 0 saturated heterocycles. The summed E-state index contributed by atoms with van der Waals surface area (Å²) in [5.74, 6) is -1.91. The number of hydrogen-bond donors (Lipinski definition) is 1. The first-order valence-electron chi connectivity index (χ1n) is 6.51. The number of anilines is 1. The van der Waals surface area contributed by atoms with E-state index >= 15 is 0 Å². The van der Waals surface area contributed by atoms with Gasteiger partial charge in [-0.25, -0.2) is 9.18 Å². The van der Waals surface area contributed by atoms with Gasteiger partial charge in [-0.3, -0.25) is 4.79 Å². The van der Waals surface area contributed by atoms with Gasteiger partial charge in [0.2, 0.25) is 0 Å².